The van der Waals surface area contributed by atoms with Crippen LogP contribution in [-0.2, 0) is 15.9 Å². The van der Waals surface area contributed by atoms with E-state index in [2.05, 4.69) is 9.71 Å². The zero-order valence-electron chi connectivity index (χ0n) is 8.36. The second-order valence-electron chi connectivity index (χ2n) is 3.05. The molecule has 15 heavy (non-hydrogen) atoms. The van der Waals surface area contributed by atoms with Crippen LogP contribution in [0.4, 0.5) is 5.13 Å². The summed E-state index contributed by atoms with van der Waals surface area (Å²) in [6.45, 7) is 1.95. The molecule has 0 saturated heterocycles. The fourth-order valence-corrected chi connectivity index (χ4v) is 3.37. The summed E-state index contributed by atoms with van der Waals surface area (Å²) >= 11 is 6.81. The van der Waals surface area contributed by atoms with Crippen LogP contribution in [-0.4, -0.2) is 19.2 Å². The molecular weight excluding hydrogens is 256 g/mol. The van der Waals surface area contributed by atoms with E-state index >= 15 is 0 Å². The Morgan fingerprint density at radius 2 is 2.33 bits per heavy atom. The topological polar surface area (TPSA) is 59.1 Å². The first kappa shape index (κ1) is 12.7. The van der Waals surface area contributed by atoms with Crippen molar-refractivity contribution in [3.8, 4) is 0 Å². The van der Waals surface area contributed by atoms with Gasteiger partial charge in [-0.2, -0.15) is 0 Å². The van der Waals surface area contributed by atoms with Crippen molar-refractivity contribution in [2.24, 2.45) is 0 Å². The van der Waals surface area contributed by atoms with Gasteiger partial charge in [0.1, 0.15) is 0 Å². The molecule has 0 saturated carbocycles. The number of halogens is 1. The minimum Gasteiger partial charge on any atom is -0.259 e. The van der Waals surface area contributed by atoms with Crippen LogP contribution in [0.25, 0.3) is 0 Å². The number of aromatic nitrogens is 1. The number of hydrogen-bond acceptors (Lipinski definition) is 4. The molecule has 0 aliphatic heterocycles. The van der Waals surface area contributed by atoms with Crippen LogP contribution >= 0.6 is 22.9 Å². The molecule has 7 heteroatoms. The highest BCUT2D eigenvalue weighted by Gasteiger charge is 2.11. The fourth-order valence-electron chi connectivity index (χ4n) is 0.934. The van der Waals surface area contributed by atoms with Crippen molar-refractivity contribution in [2.45, 2.75) is 25.6 Å². The molecule has 1 aromatic rings. The van der Waals surface area contributed by atoms with Crippen LogP contribution in [0, 0.1) is 0 Å². The number of sulfonamides is 1. The van der Waals surface area contributed by atoms with Crippen LogP contribution < -0.4 is 4.72 Å². The van der Waals surface area contributed by atoms with Crippen LogP contribution in [0.2, 0.25) is 0 Å². The molecule has 0 aromatic carbocycles. The SMILES string of the molecule is CCCCS(=O)(=O)Nc1nc(CCl)cs1. The summed E-state index contributed by atoms with van der Waals surface area (Å²) in [7, 11) is -3.24. The monoisotopic (exact) mass is 268 g/mol. The average molecular weight is 269 g/mol. The predicted octanol–water partition coefficient (Wildman–Crippen LogP) is 2.42. The first-order valence-corrected chi connectivity index (χ1v) is 7.65. The van der Waals surface area contributed by atoms with Crippen molar-refractivity contribution < 1.29 is 8.42 Å². The van der Waals surface area contributed by atoms with E-state index in [1.54, 1.807) is 5.38 Å². The molecule has 0 amide bonds. The first-order valence-electron chi connectivity index (χ1n) is 4.58. The normalized spacial score (nSPS) is 11.6. The molecule has 0 atom stereocenters. The Balaban J connectivity index is 2.60. The number of nitrogens with zero attached hydrogens (tertiary/aromatic N) is 1. The Hall–Kier alpha value is -0.330. The lowest BCUT2D eigenvalue weighted by Crippen LogP contribution is -2.16. The molecule has 1 aromatic heterocycles. The molecule has 1 N–H and O–H groups in total. The number of unbranched alkanes of at least 4 members (excludes halogenated alkanes) is 1. The van der Waals surface area contributed by atoms with E-state index < -0.39 is 10.0 Å². The lowest BCUT2D eigenvalue weighted by atomic mass is 10.4. The molecule has 0 bridgehead atoms. The molecule has 4 nitrogen and oxygen atoms in total. The van der Waals surface area contributed by atoms with Gasteiger partial charge in [0.15, 0.2) is 5.13 Å². The summed E-state index contributed by atoms with van der Waals surface area (Å²) in [4.78, 5) is 4.02. The van der Waals surface area contributed by atoms with Crippen LogP contribution in [0.5, 0.6) is 0 Å². The maximum Gasteiger partial charge on any atom is 0.234 e. The predicted molar refractivity (Wildman–Crippen MR) is 64.0 cm³/mol. The summed E-state index contributed by atoms with van der Waals surface area (Å²) in [5.41, 5.74) is 0.690. The van der Waals surface area contributed by atoms with E-state index in [1.165, 1.54) is 11.3 Å². The van der Waals surface area contributed by atoms with Crippen molar-refractivity contribution in [3.05, 3.63) is 11.1 Å². The van der Waals surface area contributed by atoms with Crippen molar-refractivity contribution in [3.63, 3.8) is 0 Å². The maximum atomic E-state index is 11.5. The molecule has 1 rings (SSSR count). The third kappa shape index (κ3) is 4.36. The molecule has 0 radical (unpaired) electrons. The molecule has 86 valence electrons. The zero-order chi connectivity index (χ0) is 11.3. The quantitative estimate of drug-likeness (QED) is 0.806. The van der Waals surface area contributed by atoms with Crippen LogP contribution in [0.1, 0.15) is 25.5 Å². The van der Waals surface area contributed by atoms with E-state index in [9.17, 15) is 8.42 Å². The smallest absolute Gasteiger partial charge is 0.234 e. The van der Waals surface area contributed by atoms with Gasteiger partial charge in [0.2, 0.25) is 10.0 Å². The minimum atomic E-state index is -3.24. The van der Waals surface area contributed by atoms with Gasteiger partial charge in [-0.25, -0.2) is 13.4 Å². The van der Waals surface area contributed by atoms with E-state index in [4.69, 9.17) is 11.6 Å². The van der Waals surface area contributed by atoms with E-state index in [-0.39, 0.29) is 5.75 Å². The lowest BCUT2D eigenvalue weighted by Gasteiger charge is -2.03. The van der Waals surface area contributed by atoms with Crippen molar-refractivity contribution >= 4 is 38.1 Å². The Morgan fingerprint density at radius 3 is 2.87 bits per heavy atom. The van der Waals surface area contributed by atoms with Gasteiger partial charge >= 0.3 is 0 Å². The van der Waals surface area contributed by atoms with Gasteiger partial charge in [0.05, 0.1) is 17.3 Å². The summed E-state index contributed by atoms with van der Waals surface area (Å²) in [5, 5.41) is 2.13. The van der Waals surface area contributed by atoms with Crippen molar-refractivity contribution in [1.82, 2.24) is 4.98 Å². The largest absolute Gasteiger partial charge is 0.259 e. The standard InChI is InChI=1S/C8H13ClN2O2S2/c1-2-3-4-15(12,13)11-8-10-7(5-9)6-14-8/h6H,2-5H2,1H3,(H,10,11). The molecule has 1 heterocycles. The van der Waals surface area contributed by atoms with E-state index in [0.717, 1.165) is 6.42 Å². The summed E-state index contributed by atoms with van der Waals surface area (Å²) in [6.07, 6.45) is 1.51. The highest BCUT2D eigenvalue weighted by Crippen LogP contribution is 2.18. The lowest BCUT2D eigenvalue weighted by molar-refractivity contribution is 0.598. The third-order valence-corrected chi connectivity index (χ3v) is 4.24. The molecule has 0 spiro atoms. The Labute approximate surface area is 98.7 Å². The molecule has 0 aliphatic carbocycles. The van der Waals surface area contributed by atoms with Crippen LogP contribution in [0.3, 0.4) is 0 Å². The first-order chi connectivity index (χ1) is 7.07. The Bertz CT molecular complexity index is 403. The zero-order valence-corrected chi connectivity index (χ0v) is 10.8. The van der Waals surface area contributed by atoms with Gasteiger partial charge < -0.3 is 0 Å². The van der Waals surface area contributed by atoms with Gasteiger partial charge in [-0.15, -0.1) is 22.9 Å². The number of anilines is 1. The molecule has 0 aliphatic rings. The molecular formula is C8H13ClN2O2S2. The van der Waals surface area contributed by atoms with Crippen LogP contribution in [0.15, 0.2) is 5.38 Å². The number of alkyl halides is 1. The highest BCUT2D eigenvalue weighted by atomic mass is 35.5. The number of hydrogen-bond donors (Lipinski definition) is 1. The summed E-state index contributed by atoms with van der Waals surface area (Å²) < 4.78 is 25.4. The molecule has 0 fully saturated rings. The highest BCUT2D eigenvalue weighted by molar-refractivity contribution is 7.92. The number of thiazole rings is 1. The minimum absolute atomic E-state index is 0.138. The Morgan fingerprint density at radius 1 is 1.60 bits per heavy atom. The van der Waals surface area contributed by atoms with Crippen molar-refractivity contribution in [2.75, 3.05) is 10.5 Å². The number of rotatable bonds is 6. The van der Waals surface area contributed by atoms with Gasteiger partial charge in [-0.3, -0.25) is 4.72 Å². The van der Waals surface area contributed by atoms with E-state index in [1.807, 2.05) is 6.92 Å². The summed E-state index contributed by atoms with van der Waals surface area (Å²) in [6, 6.07) is 0. The fraction of sp³-hybridized carbons (Fsp3) is 0.625. The Kier molecular flexibility index (Phi) is 4.82. The second-order valence-corrected chi connectivity index (χ2v) is 6.02. The maximum absolute atomic E-state index is 11.5. The van der Waals surface area contributed by atoms with Gasteiger partial charge in [-0.1, -0.05) is 13.3 Å². The van der Waals surface area contributed by atoms with Gasteiger partial charge in [0, 0.05) is 5.38 Å². The van der Waals surface area contributed by atoms with Gasteiger partial charge in [0.25, 0.3) is 0 Å². The number of nitrogens with one attached hydrogen (secondary N) is 1. The second kappa shape index (κ2) is 5.67. The van der Waals surface area contributed by atoms with E-state index in [0.29, 0.717) is 23.1 Å². The van der Waals surface area contributed by atoms with Gasteiger partial charge in [-0.05, 0) is 6.42 Å². The van der Waals surface area contributed by atoms with Crippen molar-refractivity contribution in [1.29, 1.82) is 0 Å². The summed E-state index contributed by atoms with van der Waals surface area (Å²) in [5.74, 6) is 0.437. The average Bonchev–Trinajstić information content (AvgIpc) is 2.62. The molecule has 0 unspecified atom stereocenters. The third-order valence-electron chi connectivity index (χ3n) is 1.70.